The molecule has 12 heteroatoms. The molecule has 0 saturated heterocycles. The van der Waals surface area contributed by atoms with E-state index in [9.17, 15) is 19.2 Å². The van der Waals surface area contributed by atoms with Gasteiger partial charge in [-0.2, -0.15) is 0 Å². The van der Waals surface area contributed by atoms with Crippen LogP contribution in [0.1, 0.15) is 40.2 Å². The van der Waals surface area contributed by atoms with Gasteiger partial charge in [0.1, 0.15) is 17.5 Å². The summed E-state index contributed by atoms with van der Waals surface area (Å²) in [6.45, 7) is 1.77. The van der Waals surface area contributed by atoms with Gasteiger partial charge in [-0.25, -0.2) is 9.79 Å². The van der Waals surface area contributed by atoms with Gasteiger partial charge < -0.3 is 36.5 Å². The molecule has 36 heavy (non-hydrogen) atoms. The summed E-state index contributed by atoms with van der Waals surface area (Å²) >= 11 is 0. The number of carboxylic acid groups (broad SMARTS) is 2. The molecule has 0 saturated carbocycles. The van der Waals surface area contributed by atoms with E-state index >= 15 is 0 Å². The Morgan fingerprint density at radius 2 is 1.86 bits per heavy atom. The Bertz CT molecular complexity index is 1210. The Kier molecular flexibility index (Phi) is 8.10. The predicted octanol–water partition coefficient (Wildman–Crippen LogP) is 1.07. The highest BCUT2D eigenvalue weighted by atomic mass is 16.5. The number of aliphatic carboxylic acids is 2. The van der Waals surface area contributed by atoms with Crippen LogP contribution < -0.4 is 26.3 Å². The molecule has 190 valence electrons. The van der Waals surface area contributed by atoms with Crippen LogP contribution >= 0.6 is 0 Å². The zero-order valence-electron chi connectivity index (χ0n) is 19.4. The Hall–Kier alpha value is -4.61. The summed E-state index contributed by atoms with van der Waals surface area (Å²) in [4.78, 5) is 50.8. The van der Waals surface area contributed by atoms with E-state index in [-0.39, 0.29) is 37.3 Å². The van der Waals surface area contributed by atoms with Gasteiger partial charge in [-0.1, -0.05) is 0 Å². The zero-order valence-corrected chi connectivity index (χ0v) is 19.4. The first-order valence-corrected chi connectivity index (χ1v) is 10.9. The summed E-state index contributed by atoms with van der Waals surface area (Å²) in [5.41, 5.74) is 13.1. The standard InChI is InChI=1S/C24H26N4O8/c1-12-6-16(35-11-18(29)13-2-4-15(5-3-13)27-24(25)26)8-19-22(12)14(10-36-19)7-20(30)28-17(23(33)34)9-21(31)32/h2-6,8,14,17H,7,9-11H2,1H3,(H,28,30)(H,31,32)(H,33,34)(H4,25,26,27)/t14?,17-/m0/s1. The van der Waals surface area contributed by atoms with E-state index in [1.807, 2.05) is 0 Å². The molecule has 2 aromatic carbocycles. The second kappa shape index (κ2) is 11.2. The van der Waals surface area contributed by atoms with Crippen molar-refractivity contribution in [3.05, 3.63) is 53.1 Å². The lowest BCUT2D eigenvalue weighted by Crippen LogP contribution is -2.42. The van der Waals surface area contributed by atoms with E-state index in [0.29, 0.717) is 22.7 Å². The molecular formula is C24H26N4O8. The quantitative estimate of drug-likeness (QED) is 0.169. The average molecular weight is 498 g/mol. The number of amides is 1. The number of hydrogen-bond donors (Lipinski definition) is 5. The highest BCUT2D eigenvalue weighted by Gasteiger charge is 2.31. The molecule has 1 aliphatic heterocycles. The van der Waals surface area contributed by atoms with Gasteiger partial charge in [0.25, 0.3) is 0 Å². The molecule has 1 heterocycles. The van der Waals surface area contributed by atoms with Crippen LogP contribution in [-0.2, 0) is 14.4 Å². The van der Waals surface area contributed by atoms with E-state index < -0.39 is 30.3 Å². The highest BCUT2D eigenvalue weighted by Crippen LogP contribution is 2.41. The van der Waals surface area contributed by atoms with E-state index in [1.54, 1.807) is 43.3 Å². The number of nitrogens with two attached hydrogens (primary N) is 2. The number of ketones is 1. The Balaban J connectivity index is 1.62. The maximum atomic E-state index is 12.5. The van der Waals surface area contributed by atoms with Gasteiger partial charge in [0.05, 0.1) is 18.7 Å². The number of Topliss-reactive ketones (excluding diaryl/α,β-unsaturated/α-hetero) is 1. The van der Waals surface area contributed by atoms with Gasteiger partial charge >= 0.3 is 11.9 Å². The smallest absolute Gasteiger partial charge is 0.326 e. The molecule has 3 rings (SSSR count). The highest BCUT2D eigenvalue weighted by molar-refractivity contribution is 5.97. The van der Waals surface area contributed by atoms with Gasteiger partial charge in [0.2, 0.25) is 5.91 Å². The molecule has 0 radical (unpaired) electrons. The number of benzene rings is 2. The Morgan fingerprint density at radius 1 is 1.17 bits per heavy atom. The van der Waals surface area contributed by atoms with Gasteiger partial charge in [0, 0.05) is 29.5 Å². The fourth-order valence-corrected chi connectivity index (χ4v) is 3.85. The maximum Gasteiger partial charge on any atom is 0.326 e. The van der Waals surface area contributed by atoms with Crippen molar-refractivity contribution in [1.29, 1.82) is 0 Å². The van der Waals surface area contributed by atoms with Gasteiger partial charge in [-0.3, -0.25) is 14.4 Å². The number of ether oxygens (including phenoxy) is 2. The van der Waals surface area contributed by atoms with E-state index in [2.05, 4.69) is 10.3 Å². The van der Waals surface area contributed by atoms with Crippen LogP contribution in [0.5, 0.6) is 11.5 Å². The fraction of sp³-hybridized carbons (Fsp3) is 0.292. The number of aryl methyl sites for hydroxylation is 1. The molecule has 0 bridgehead atoms. The average Bonchev–Trinajstić information content (AvgIpc) is 3.19. The summed E-state index contributed by atoms with van der Waals surface area (Å²) in [6, 6.07) is 8.22. The minimum atomic E-state index is -1.52. The molecule has 7 N–H and O–H groups in total. The molecule has 1 unspecified atom stereocenters. The predicted molar refractivity (Wildman–Crippen MR) is 128 cm³/mol. The van der Waals surface area contributed by atoms with Crippen molar-refractivity contribution >= 4 is 35.3 Å². The van der Waals surface area contributed by atoms with Crippen LogP contribution in [0, 0.1) is 6.92 Å². The number of carboxylic acids is 2. The number of fused-ring (bicyclic) bond motifs is 1. The third-order valence-corrected chi connectivity index (χ3v) is 5.43. The second-order valence-electron chi connectivity index (χ2n) is 8.22. The first-order valence-electron chi connectivity index (χ1n) is 10.9. The van der Waals surface area contributed by atoms with Gasteiger partial charge in [-0.05, 0) is 42.8 Å². The number of hydrogen-bond acceptors (Lipinski definition) is 7. The first-order chi connectivity index (χ1) is 17.0. The molecule has 0 aliphatic carbocycles. The summed E-state index contributed by atoms with van der Waals surface area (Å²) in [5.74, 6) is -3.13. The van der Waals surface area contributed by atoms with Gasteiger partial charge in [-0.15, -0.1) is 0 Å². The number of carbonyl (C=O) groups is 4. The van der Waals surface area contributed by atoms with Gasteiger partial charge in [0.15, 0.2) is 18.3 Å². The SMILES string of the molecule is Cc1cc(OCC(=O)c2ccc(N=C(N)N)cc2)cc2c1C(CC(=O)N[C@@H](CC(=O)O)C(=O)O)CO2. The van der Waals surface area contributed by atoms with Crippen LogP contribution in [0.15, 0.2) is 41.4 Å². The van der Waals surface area contributed by atoms with Crippen molar-refractivity contribution in [1.82, 2.24) is 5.32 Å². The van der Waals surface area contributed by atoms with Crippen molar-refractivity contribution in [3.63, 3.8) is 0 Å². The molecule has 0 aromatic heterocycles. The third kappa shape index (κ3) is 6.72. The van der Waals surface area contributed by atoms with E-state index in [1.165, 1.54) is 0 Å². The van der Waals surface area contributed by atoms with Crippen LogP contribution in [0.25, 0.3) is 0 Å². The van der Waals surface area contributed by atoms with E-state index in [0.717, 1.165) is 11.1 Å². The molecule has 2 aromatic rings. The number of nitrogens with one attached hydrogen (secondary N) is 1. The monoisotopic (exact) mass is 498 g/mol. The third-order valence-electron chi connectivity index (χ3n) is 5.43. The molecule has 1 aliphatic rings. The normalized spacial score (nSPS) is 14.6. The lowest BCUT2D eigenvalue weighted by atomic mass is 9.93. The molecule has 0 fully saturated rings. The van der Waals surface area contributed by atoms with Crippen LogP contribution in [-0.4, -0.2) is 59.1 Å². The Labute approximate surface area is 205 Å². The zero-order chi connectivity index (χ0) is 26.4. The number of guanidine groups is 1. The summed E-state index contributed by atoms with van der Waals surface area (Å²) in [7, 11) is 0. The van der Waals surface area contributed by atoms with Crippen LogP contribution in [0.4, 0.5) is 5.69 Å². The summed E-state index contributed by atoms with van der Waals surface area (Å²) < 4.78 is 11.4. The molecule has 2 atom stereocenters. The topological polar surface area (TPSA) is 204 Å². The molecular weight excluding hydrogens is 472 g/mol. The fourth-order valence-electron chi connectivity index (χ4n) is 3.85. The maximum absolute atomic E-state index is 12.5. The van der Waals surface area contributed by atoms with E-state index in [4.69, 9.17) is 31.2 Å². The molecule has 12 nitrogen and oxygen atoms in total. The van der Waals surface area contributed by atoms with Crippen molar-refractivity contribution < 1.29 is 38.9 Å². The minimum absolute atomic E-state index is 0.0776. The molecule has 0 spiro atoms. The summed E-state index contributed by atoms with van der Waals surface area (Å²) in [6.07, 6.45) is -0.802. The van der Waals surface area contributed by atoms with Crippen molar-refractivity contribution in [2.75, 3.05) is 13.2 Å². The summed E-state index contributed by atoms with van der Waals surface area (Å²) in [5, 5.41) is 20.2. The lowest BCUT2D eigenvalue weighted by Gasteiger charge is -2.15. The largest absolute Gasteiger partial charge is 0.492 e. The number of nitrogens with zero attached hydrogens (tertiary/aromatic N) is 1. The molecule has 1 amide bonds. The van der Waals surface area contributed by atoms with Crippen LogP contribution in [0.3, 0.4) is 0 Å². The first kappa shape index (κ1) is 26.0. The Morgan fingerprint density at radius 3 is 2.47 bits per heavy atom. The second-order valence-corrected chi connectivity index (χ2v) is 8.22. The van der Waals surface area contributed by atoms with Crippen molar-refractivity contribution in [2.24, 2.45) is 16.5 Å². The van der Waals surface area contributed by atoms with Crippen molar-refractivity contribution in [2.45, 2.75) is 31.7 Å². The van der Waals surface area contributed by atoms with Crippen molar-refractivity contribution in [3.8, 4) is 11.5 Å². The number of aliphatic imine (C=N–C) groups is 1. The minimum Gasteiger partial charge on any atom is -0.492 e. The number of rotatable bonds is 11. The van der Waals surface area contributed by atoms with Crippen LogP contribution in [0.2, 0.25) is 0 Å². The number of carbonyl (C=O) groups excluding carboxylic acids is 2. The lowest BCUT2D eigenvalue weighted by molar-refractivity contribution is -0.147.